The van der Waals surface area contributed by atoms with Crippen LogP contribution in [0.4, 0.5) is 14.5 Å². The van der Waals surface area contributed by atoms with E-state index in [1.54, 1.807) is 6.07 Å². The van der Waals surface area contributed by atoms with E-state index in [-0.39, 0.29) is 18.1 Å². The molecule has 3 aromatic rings. The molecule has 1 amide bonds. The van der Waals surface area contributed by atoms with Crippen LogP contribution >= 0.6 is 0 Å². The number of nitrogens with one attached hydrogen (secondary N) is 2. The van der Waals surface area contributed by atoms with E-state index in [1.807, 2.05) is 18.2 Å². The van der Waals surface area contributed by atoms with Crippen molar-refractivity contribution in [2.24, 2.45) is 0 Å². The summed E-state index contributed by atoms with van der Waals surface area (Å²) in [5.74, 6) is -1.83. The maximum absolute atomic E-state index is 13.6. The molecule has 2 N–H and O–H groups in total. The average molecular weight is 531 g/mol. The Morgan fingerprint density at radius 3 is 2.31 bits per heavy atom. The van der Waals surface area contributed by atoms with Crippen LogP contribution in [0, 0.1) is 23.0 Å². The van der Waals surface area contributed by atoms with E-state index in [4.69, 9.17) is 0 Å². The van der Waals surface area contributed by atoms with Crippen molar-refractivity contribution >= 4 is 11.6 Å². The van der Waals surface area contributed by atoms with Crippen molar-refractivity contribution in [1.82, 2.24) is 10.2 Å². The van der Waals surface area contributed by atoms with E-state index in [0.717, 1.165) is 73.7 Å². The summed E-state index contributed by atoms with van der Waals surface area (Å²) in [6, 6.07) is 21.6. The van der Waals surface area contributed by atoms with E-state index in [0.29, 0.717) is 11.6 Å². The summed E-state index contributed by atoms with van der Waals surface area (Å²) in [5.41, 5.74) is 3.38. The van der Waals surface area contributed by atoms with Gasteiger partial charge in [-0.2, -0.15) is 5.26 Å². The molecule has 204 valence electrons. The van der Waals surface area contributed by atoms with Crippen molar-refractivity contribution < 1.29 is 13.6 Å². The third kappa shape index (κ3) is 7.08. The van der Waals surface area contributed by atoms with Gasteiger partial charge in [-0.15, -0.1) is 0 Å². The van der Waals surface area contributed by atoms with Gasteiger partial charge in [0.15, 0.2) is 0 Å². The van der Waals surface area contributed by atoms with Crippen molar-refractivity contribution in [3.8, 4) is 17.2 Å². The molecule has 0 saturated carbocycles. The highest BCUT2D eigenvalue weighted by Crippen LogP contribution is 2.35. The average Bonchev–Trinajstić information content (AvgIpc) is 2.95. The van der Waals surface area contributed by atoms with E-state index in [2.05, 4.69) is 59.7 Å². The van der Waals surface area contributed by atoms with Crippen LogP contribution in [0.25, 0.3) is 11.1 Å². The molecule has 1 saturated heterocycles. The summed E-state index contributed by atoms with van der Waals surface area (Å²) in [6.45, 7) is 6.29. The summed E-state index contributed by atoms with van der Waals surface area (Å²) in [7, 11) is 0. The second-order valence-electron chi connectivity index (χ2n) is 10.3. The van der Waals surface area contributed by atoms with Gasteiger partial charge >= 0.3 is 0 Å². The molecule has 1 atom stereocenters. The number of piperidine rings is 1. The van der Waals surface area contributed by atoms with Crippen LogP contribution < -0.4 is 10.6 Å². The van der Waals surface area contributed by atoms with E-state index in [9.17, 15) is 18.8 Å². The number of hydrogen-bond donors (Lipinski definition) is 2. The second-order valence-corrected chi connectivity index (χ2v) is 10.3. The van der Waals surface area contributed by atoms with Crippen molar-refractivity contribution in [1.29, 1.82) is 5.26 Å². The highest BCUT2D eigenvalue weighted by atomic mass is 19.1. The van der Waals surface area contributed by atoms with Gasteiger partial charge < -0.3 is 10.2 Å². The molecular weight excluding hydrogens is 494 g/mol. The number of carbonyl (C=O) groups excluding carboxylic acids is 1. The number of halogens is 2. The van der Waals surface area contributed by atoms with Gasteiger partial charge in [-0.1, -0.05) is 56.7 Å². The normalized spacial score (nSPS) is 15.9. The summed E-state index contributed by atoms with van der Waals surface area (Å²) in [4.78, 5) is 15.4. The van der Waals surface area contributed by atoms with Gasteiger partial charge in [0, 0.05) is 36.4 Å². The number of nitriles is 1. The number of carbonyl (C=O) groups is 1. The molecule has 7 heteroatoms. The highest BCUT2D eigenvalue weighted by molar-refractivity contribution is 5.92. The lowest BCUT2D eigenvalue weighted by atomic mass is 9.79. The first kappa shape index (κ1) is 28.4. The van der Waals surface area contributed by atoms with Crippen LogP contribution in [0.15, 0.2) is 66.7 Å². The molecular formula is C32H36F2N4O. The molecule has 0 spiro atoms. The lowest BCUT2D eigenvalue weighted by Crippen LogP contribution is -2.54. The quantitative estimate of drug-likeness (QED) is 0.310. The molecule has 1 aliphatic heterocycles. The van der Waals surface area contributed by atoms with Crippen molar-refractivity contribution in [2.45, 2.75) is 57.5 Å². The van der Waals surface area contributed by atoms with Crippen molar-refractivity contribution in [3.05, 3.63) is 89.5 Å². The Bertz CT molecular complexity index is 1290. The first-order chi connectivity index (χ1) is 18.9. The zero-order valence-electron chi connectivity index (χ0n) is 22.6. The van der Waals surface area contributed by atoms with Crippen LogP contribution in [-0.2, 0) is 10.3 Å². The molecule has 39 heavy (non-hydrogen) atoms. The third-order valence-electron chi connectivity index (χ3n) is 7.76. The lowest BCUT2D eigenvalue weighted by Gasteiger charge is -2.45. The van der Waals surface area contributed by atoms with Crippen LogP contribution in [0.5, 0.6) is 0 Å². The summed E-state index contributed by atoms with van der Waals surface area (Å²) in [5, 5.41) is 15.4. The predicted molar refractivity (Wildman–Crippen MR) is 151 cm³/mol. The number of hydrogen-bond acceptors (Lipinski definition) is 4. The third-order valence-corrected chi connectivity index (χ3v) is 7.76. The van der Waals surface area contributed by atoms with Crippen molar-refractivity contribution in [2.75, 3.05) is 25.0 Å². The number of benzene rings is 3. The minimum atomic E-state index is -0.736. The maximum atomic E-state index is 13.6. The van der Waals surface area contributed by atoms with Gasteiger partial charge in [-0.25, -0.2) is 8.78 Å². The van der Waals surface area contributed by atoms with Crippen LogP contribution in [-0.4, -0.2) is 36.5 Å². The molecule has 3 aromatic carbocycles. The Morgan fingerprint density at radius 2 is 1.69 bits per heavy atom. The molecule has 0 bridgehead atoms. The summed E-state index contributed by atoms with van der Waals surface area (Å²) < 4.78 is 27.2. The van der Waals surface area contributed by atoms with Gasteiger partial charge in [-0.05, 0) is 66.6 Å². The van der Waals surface area contributed by atoms with Gasteiger partial charge in [-0.3, -0.25) is 10.1 Å². The van der Waals surface area contributed by atoms with Gasteiger partial charge in [0.25, 0.3) is 0 Å². The minimum absolute atomic E-state index is 0.0102. The van der Waals surface area contributed by atoms with Gasteiger partial charge in [0.1, 0.15) is 11.6 Å². The van der Waals surface area contributed by atoms with Crippen LogP contribution in [0.2, 0.25) is 0 Å². The lowest BCUT2D eigenvalue weighted by molar-refractivity contribution is -0.116. The Balaban J connectivity index is 1.54. The Hall–Kier alpha value is -3.60. The smallest absolute Gasteiger partial charge is 0.238 e. The fraction of sp³-hybridized carbons (Fsp3) is 0.375. The molecule has 1 aliphatic rings. The second kappa shape index (κ2) is 13.0. The zero-order chi connectivity index (χ0) is 27.8. The molecule has 0 radical (unpaired) electrons. The maximum Gasteiger partial charge on any atom is 0.238 e. The monoisotopic (exact) mass is 530 g/mol. The minimum Gasteiger partial charge on any atom is -0.325 e. The first-order valence-corrected chi connectivity index (χ1v) is 13.7. The molecule has 0 aliphatic carbocycles. The van der Waals surface area contributed by atoms with Crippen molar-refractivity contribution in [3.63, 3.8) is 0 Å². The zero-order valence-corrected chi connectivity index (χ0v) is 22.6. The first-order valence-electron chi connectivity index (χ1n) is 13.7. The Morgan fingerprint density at radius 1 is 1.00 bits per heavy atom. The molecule has 5 nitrogen and oxygen atoms in total. The number of likely N-dealkylation sites (tertiary alicyclic amines) is 1. The summed E-state index contributed by atoms with van der Waals surface area (Å²) in [6.07, 6.45) is 5.09. The summed E-state index contributed by atoms with van der Waals surface area (Å²) >= 11 is 0. The van der Waals surface area contributed by atoms with Crippen LogP contribution in [0.1, 0.15) is 57.1 Å². The number of rotatable bonds is 10. The van der Waals surface area contributed by atoms with Crippen LogP contribution in [0.3, 0.4) is 0 Å². The fourth-order valence-electron chi connectivity index (χ4n) is 5.65. The fourth-order valence-corrected chi connectivity index (χ4v) is 5.65. The SMILES string of the molecule is CCCC(CC)N1CCC(NCC(=O)Nc2cc(F)cc(F)c2)(c2ccc(-c3cccc(C#N)c3)cc2)CC1. The Labute approximate surface area is 229 Å². The predicted octanol–water partition coefficient (Wildman–Crippen LogP) is 6.60. The number of anilines is 1. The molecule has 1 fully saturated rings. The number of nitrogens with zero attached hydrogens (tertiary/aromatic N) is 2. The van der Waals surface area contributed by atoms with E-state index in [1.165, 1.54) is 6.42 Å². The largest absolute Gasteiger partial charge is 0.325 e. The van der Waals surface area contributed by atoms with Gasteiger partial charge in [0.05, 0.1) is 18.2 Å². The molecule has 4 rings (SSSR count). The molecule has 1 heterocycles. The van der Waals surface area contributed by atoms with Gasteiger partial charge in [0.2, 0.25) is 5.91 Å². The van der Waals surface area contributed by atoms with E-state index < -0.39 is 17.2 Å². The van der Waals surface area contributed by atoms with E-state index >= 15 is 0 Å². The Kier molecular flexibility index (Phi) is 9.45. The highest BCUT2D eigenvalue weighted by Gasteiger charge is 2.37. The topological polar surface area (TPSA) is 68.2 Å². The standard InChI is InChI=1S/C32H36F2N4O/c1-3-6-30(4-2)38-15-13-32(14-16-38,36-22-31(39)37-29-19-27(33)18-28(34)20-29)26-11-9-24(10-12-26)25-8-5-7-23(17-25)21-35/h5,7-12,17-20,30,36H,3-4,6,13-16,22H2,1-2H3,(H,37,39). The molecule has 0 aromatic heterocycles. The molecule has 1 unspecified atom stereocenters. The number of amides is 1.